The third-order valence-corrected chi connectivity index (χ3v) is 4.48. The molecule has 3 aromatic rings. The molecule has 0 saturated carbocycles. The average molecular weight is 372 g/mol. The number of fused-ring (bicyclic) bond motifs is 1. The van der Waals surface area contributed by atoms with Gasteiger partial charge in [-0.05, 0) is 42.3 Å². The zero-order valence-corrected chi connectivity index (χ0v) is 14.9. The van der Waals surface area contributed by atoms with Crippen LogP contribution in [0.5, 0.6) is 0 Å². The molecule has 3 aromatic carbocycles. The molecule has 0 spiro atoms. The van der Waals surface area contributed by atoms with Crippen molar-refractivity contribution in [1.82, 2.24) is 5.32 Å². The quantitative estimate of drug-likeness (QED) is 0.623. The Bertz CT molecular complexity index is 985. The summed E-state index contributed by atoms with van der Waals surface area (Å²) < 4.78 is 40.0. The molecule has 3 nitrogen and oxygen atoms in total. The Morgan fingerprint density at radius 3 is 2.37 bits per heavy atom. The Kier molecular flexibility index (Phi) is 5.46. The smallest absolute Gasteiger partial charge is 0.241 e. The van der Waals surface area contributed by atoms with Crippen molar-refractivity contribution >= 4 is 22.4 Å². The number of amides is 1. The fourth-order valence-electron chi connectivity index (χ4n) is 3.03. The van der Waals surface area contributed by atoms with Crippen molar-refractivity contribution in [2.75, 3.05) is 5.32 Å². The molecule has 0 aliphatic heterocycles. The molecule has 27 heavy (non-hydrogen) atoms. The van der Waals surface area contributed by atoms with Crippen LogP contribution in [0.4, 0.5) is 18.9 Å². The summed E-state index contributed by atoms with van der Waals surface area (Å²) in [5.74, 6) is -4.89. The van der Waals surface area contributed by atoms with E-state index in [1.807, 2.05) is 49.4 Å². The van der Waals surface area contributed by atoms with Crippen LogP contribution in [0, 0.1) is 17.5 Å². The summed E-state index contributed by atoms with van der Waals surface area (Å²) in [6.07, 6.45) is 0. The Morgan fingerprint density at radius 1 is 0.889 bits per heavy atom. The van der Waals surface area contributed by atoms with Crippen molar-refractivity contribution < 1.29 is 18.0 Å². The van der Waals surface area contributed by atoms with Crippen LogP contribution in [-0.2, 0) is 4.79 Å². The van der Waals surface area contributed by atoms with Gasteiger partial charge in [0.05, 0.1) is 11.7 Å². The van der Waals surface area contributed by atoms with Gasteiger partial charge in [-0.2, -0.15) is 0 Å². The first-order chi connectivity index (χ1) is 12.9. The van der Waals surface area contributed by atoms with Gasteiger partial charge >= 0.3 is 0 Å². The number of hydrogen-bond donors (Lipinski definition) is 2. The largest absolute Gasteiger partial charge is 0.322 e. The van der Waals surface area contributed by atoms with Crippen LogP contribution >= 0.6 is 0 Å². The maximum atomic E-state index is 13.7. The molecule has 0 unspecified atom stereocenters. The first-order valence-corrected chi connectivity index (χ1v) is 8.56. The van der Waals surface area contributed by atoms with Crippen molar-refractivity contribution in [3.63, 3.8) is 0 Å². The van der Waals surface area contributed by atoms with Gasteiger partial charge in [-0.15, -0.1) is 0 Å². The minimum Gasteiger partial charge on any atom is -0.322 e. The predicted molar refractivity (Wildman–Crippen MR) is 99.9 cm³/mol. The van der Waals surface area contributed by atoms with Crippen LogP contribution in [-0.4, -0.2) is 11.9 Å². The second-order valence-corrected chi connectivity index (χ2v) is 6.39. The van der Waals surface area contributed by atoms with E-state index in [0.717, 1.165) is 28.5 Å². The first-order valence-electron chi connectivity index (χ1n) is 8.56. The standard InChI is InChI=1S/C21H19F3N2O/c1-12(15-9-5-7-14-6-3-4-8-16(14)15)25-13(2)21(27)26-18-11-10-17(22)19(23)20(18)24/h3-13,25H,1-2H3,(H,26,27)/t12-,13+/m0/s1. The van der Waals surface area contributed by atoms with Crippen LogP contribution in [0.15, 0.2) is 54.6 Å². The zero-order valence-electron chi connectivity index (χ0n) is 14.9. The lowest BCUT2D eigenvalue weighted by Crippen LogP contribution is -2.39. The highest BCUT2D eigenvalue weighted by Gasteiger charge is 2.20. The third kappa shape index (κ3) is 3.95. The van der Waals surface area contributed by atoms with Gasteiger partial charge in [-0.3, -0.25) is 10.1 Å². The average Bonchev–Trinajstić information content (AvgIpc) is 2.67. The molecule has 1 amide bonds. The van der Waals surface area contributed by atoms with Crippen molar-refractivity contribution in [3.8, 4) is 0 Å². The third-order valence-electron chi connectivity index (χ3n) is 4.48. The van der Waals surface area contributed by atoms with Crippen LogP contribution in [0.3, 0.4) is 0 Å². The van der Waals surface area contributed by atoms with E-state index in [0.29, 0.717) is 0 Å². The summed E-state index contributed by atoms with van der Waals surface area (Å²) in [6, 6.07) is 14.7. The Balaban J connectivity index is 1.73. The first kappa shape index (κ1) is 18.9. The van der Waals surface area contributed by atoms with Crippen LogP contribution in [0.2, 0.25) is 0 Å². The maximum Gasteiger partial charge on any atom is 0.241 e. The summed E-state index contributed by atoms with van der Waals surface area (Å²) in [7, 11) is 0. The molecular formula is C21H19F3N2O. The predicted octanol–water partition coefficient (Wildman–Crippen LogP) is 4.93. The van der Waals surface area contributed by atoms with E-state index in [-0.39, 0.29) is 6.04 Å². The van der Waals surface area contributed by atoms with Gasteiger partial charge < -0.3 is 5.32 Å². The second kappa shape index (κ2) is 7.80. The van der Waals surface area contributed by atoms with Crippen molar-refractivity contribution in [3.05, 3.63) is 77.6 Å². The molecule has 6 heteroatoms. The molecule has 0 bridgehead atoms. The summed E-state index contributed by atoms with van der Waals surface area (Å²) >= 11 is 0. The highest BCUT2D eigenvalue weighted by Crippen LogP contribution is 2.25. The second-order valence-electron chi connectivity index (χ2n) is 6.39. The molecule has 0 fully saturated rings. The van der Waals surface area contributed by atoms with Crippen molar-refractivity contribution in [2.24, 2.45) is 0 Å². The van der Waals surface area contributed by atoms with Gasteiger partial charge in [-0.1, -0.05) is 42.5 Å². The van der Waals surface area contributed by atoms with Gasteiger partial charge in [0.15, 0.2) is 17.5 Å². The minimum atomic E-state index is -1.61. The molecule has 0 radical (unpaired) electrons. The number of benzene rings is 3. The van der Waals surface area contributed by atoms with Gasteiger partial charge in [0.1, 0.15) is 0 Å². The minimum absolute atomic E-state index is 0.161. The summed E-state index contributed by atoms with van der Waals surface area (Å²) in [6.45, 7) is 3.54. The highest BCUT2D eigenvalue weighted by molar-refractivity contribution is 5.94. The van der Waals surface area contributed by atoms with E-state index >= 15 is 0 Å². The number of hydrogen-bond acceptors (Lipinski definition) is 2. The lowest BCUT2D eigenvalue weighted by molar-refractivity contribution is -0.118. The molecule has 3 rings (SSSR count). The topological polar surface area (TPSA) is 41.1 Å². The van der Waals surface area contributed by atoms with Crippen LogP contribution < -0.4 is 10.6 Å². The number of nitrogens with one attached hydrogen (secondary N) is 2. The normalized spacial score (nSPS) is 13.4. The SMILES string of the molecule is C[C@H](N[C@H](C)C(=O)Nc1ccc(F)c(F)c1F)c1cccc2ccccc12. The number of carbonyl (C=O) groups is 1. The van der Waals surface area contributed by atoms with Crippen LogP contribution in [0.1, 0.15) is 25.5 Å². The van der Waals surface area contributed by atoms with E-state index in [1.54, 1.807) is 6.92 Å². The number of anilines is 1. The monoisotopic (exact) mass is 372 g/mol. The lowest BCUT2D eigenvalue weighted by atomic mass is 9.99. The van der Waals surface area contributed by atoms with Gasteiger partial charge in [0.25, 0.3) is 0 Å². The fraction of sp³-hybridized carbons (Fsp3) is 0.190. The van der Waals surface area contributed by atoms with E-state index in [4.69, 9.17) is 0 Å². The zero-order chi connectivity index (χ0) is 19.6. The molecule has 0 saturated heterocycles. The van der Waals surface area contributed by atoms with E-state index in [1.165, 1.54) is 0 Å². The summed E-state index contributed by atoms with van der Waals surface area (Å²) in [5.41, 5.74) is 0.622. The van der Waals surface area contributed by atoms with Gasteiger partial charge in [0.2, 0.25) is 5.91 Å². The van der Waals surface area contributed by atoms with E-state index in [9.17, 15) is 18.0 Å². The maximum absolute atomic E-state index is 13.7. The molecule has 0 aromatic heterocycles. The van der Waals surface area contributed by atoms with E-state index < -0.39 is 35.1 Å². The van der Waals surface area contributed by atoms with Crippen LogP contribution in [0.25, 0.3) is 10.8 Å². The van der Waals surface area contributed by atoms with Gasteiger partial charge in [-0.25, -0.2) is 13.2 Å². The molecule has 0 heterocycles. The fourth-order valence-corrected chi connectivity index (χ4v) is 3.03. The molecule has 140 valence electrons. The molecule has 2 N–H and O–H groups in total. The lowest BCUT2D eigenvalue weighted by Gasteiger charge is -2.21. The Labute approximate surface area is 155 Å². The molecule has 0 aliphatic carbocycles. The van der Waals surface area contributed by atoms with Crippen molar-refractivity contribution in [2.45, 2.75) is 25.9 Å². The van der Waals surface area contributed by atoms with E-state index in [2.05, 4.69) is 10.6 Å². The summed E-state index contributed by atoms with van der Waals surface area (Å²) in [5, 5.41) is 7.60. The van der Waals surface area contributed by atoms with Crippen molar-refractivity contribution in [1.29, 1.82) is 0 Å². The number of carbonyl (C=O) groups excluding carboxylic acids is 1. The molecule has 0 aliphatic rings. The molecule has 2 atom stereocenters. The highest BCUT2D eigenvalue weighted by atomic mass is 19.2. The van der Waals surface area contributed by atoms with Gasteiger partial charge in [0, 0.05) is 6.04 Å². The summed E-state index contributed by atoms with van der Waals surface area (Å²) in [4.78, 5) is 12.3. The molecular weight excluding hydrogens is 353 g/mol. The number of halogens is 3. The Hall–Kier alpha value is -2.86. The number of rotatable bonds is 5. The Morgan fingerprint density at radius 2 is 1.59 bits per heavy atom.